The number of hydrogen-bond donors (Lipinski definition) is 1. The molecule has 4 nitrogen and oxygen atoms in total. The van der Waals surface area contributed by atoms with E-state index in [4.69, 9.17) is 4.74 Å². The van der Waals surface area contributed by atoms with Gasteiger partial charge in [0.2, 0.25) is 0 Å². The van der Waals surface area contributed by atoms with Gasteiger partial charge in [0.15, 0.2) is 0 Å². The van der Waals surface area contributed by atoms with Crippen LogP contribution < -0.4 is 10.1 Å². The van der Waals surface area contributed by atoms with Crippen molar-refractivity contribution in [3.63, 3.8) is 0 Å². The summed E-state index contributed by atoms with van der Waals surface area (Å²) in [6.45, 7) is 2.37. The summed E-state index contributed by atoms with van der Waals surface area (Å²) >= 11 is 0. The van der Waals surface area contributed by atoms with Crippen LogP contribution in [0.1, 0.15) is 21.6 Å². The third-order valence-corrected chi connectivity index (χ3v) is 3.53. The molecule has 0 bridgehead atoms. The number of nitrogens with zero attached hydrogens (tertiary/aromatic N) is 1. The highest BCUT2D eigenvalue weighted by Crippen LogP contribution is 2.13. The summed E-state index contributed by atoms with van der Waals surface area (Å²) in [6.07, 6.45) is 1.56. The van der Waals surface area contributed by atoms with Gasteiger partial charge >= 0.3 is 0 Å². The maximum atomic E-state index is 12.2. The zero-order chi connectivity index (χ0) is 16.8. The van der Waals surface area contributed by atoms with Gasteiger partial charge in [0.1, 0.15) is 12.4 Å². The molecule has 3 rings (SSSR count). The van der Waals surface area contributed by atoms with E-state index in [9.17, 15) is 4.79 Å². The van der Waals surface area contributed by atoms with Crippen LogP contribution in [-0.2, 0) is 6.61 Å². The first kappa shape index (κ1) is 15.7. The highest BCUT2D eigenvalue weighted by molar-refractivity contribution is 6.04. The molecule has 120 valence electrons. The molecule has 2 aromatic carbocycles. The Morgan fingerprint density at radius 3 is 2.42 bits per heavy atom. The summed E-state index contributed by atoms with van der Waals surface area (Å²) in [5.74, 6) is 0.613. The first-order valence-corrected chi connectivity index (χ1v) is 7.71. The van der Waals surface area contributed by atoms with Crippen molar-refractivity contribution in [2.45, 2.75) is 13.5 Å². The zero-order valence-electron chi connectivity index (χ0n) is 13.4. The van der Waals surface area contributed by atoms with Gasteiger partial charge in [-0.1, -0.05) is 35.9 Å². The van der Waals surface area contributed by atoms with E-state index in [0.29, 0.717) is 12.2 Å². The number of nitrogens with one attached hydrogen (secondary N) is 1. The molecule has 24 heavy (non-hydrogen) atoms. The summed E-state index contributed by atoms with van der Waals surface area (Å²) in [5, 5.41) is 2.85. The molecule has 1 amide bonds. The number of hydrogen-bond acceptors (Lipinski definition) is 3. The summed E-state index contributed by atoms with van der Waals surface area (Å²) < 4.78 is 5.64. The van der Waals surface area contributed by atoms with Crippen molar-refractivity contribution in [2.75, 3.05) is 5.32 Å². The molecule has 0 unspecified atom stereocenters. The van der Waals surface area contributed by atoms with Crippen LogP contribution in [0.5, 0.6) is 5.75 Å². The van der Waals surface area contributed by atoms with E-state index in [1.165, 1.54) is 0 Å². The Balaban J connectivity index is 1.59. The van der Waals surface area contributed by atoms with Gasteiger partial charge in [-0.05, 0) is 43.3 Å². The van der Waals surface area contributed by atoms with E-state index < -0.39 is 0 Å². The van der Waals surface area contributed by atoms with E-state index in [-0.39, 0.29) is 5.91 Å². The van der Waals surface area contributed by atoms with Crippen LogP contribution in [0, 0.1) is 6.92 Å². The van der Waals surface area contributed by atoms with Crippen LogP contribution in [-0.4, -0.2) is 10.9 Å². The Labute approximate surface area is 141 Å². The van der Waals surface area contributed by atoms with Gasteiger partial charge in [0.05, 0.1) is 11.3 Å². The Bertz CT molecular complexity index is 797. The monoisotopic (exact) mass is 318 g/mol. The summed E-state index contributed by atoms with van der Waals surface area (Å²) in [7, 11) is 0. The minimum atomic E-state index is -0.179. The van der Waals surface area contributed by atoms with E-state index in [0.717, 1.165) is 22.7 Å². The number of aryl methyl sites for hydroxylation is 1. The second kappa shape index (κ2) is 7.42. The lowest BCUT2D eigenvalue weighted by Gasteiger charge is -2.07. The van der Waals surface area contributed by atoms with Crippen molar-refractivity contribution in [3.05, 3.63) is 89.7 Å². The molecule has 1 aromatic heterocycles. The fraction of sp³-hybridized carbons (Fsp3) is 0.100. The van der Waals surface area contributed by atoms with Gasteiger partial charge in [-0.3, -0.25) is 9.78 Å². The molecule has 0 aliphatic heterocycles. The number of pyridine rings is 1. The lowest BCUT2D eigenvalue weighted by molar-refractivity contribution is 0.102. The Hall–Kier alpha value is -3.14. The second-order valence-corrected chi connectivity index (χ2v) is 5.46. The minimum Gasteiger partial charge on any atom is -0.487 e. The smallest absolute Gasteiger partial charge is 0.257 e. The van der Waals surface area contributed by atoms with E-state index >= 15 is 0 Å². The van der Waals surface area contributed by atoms with Crippen LogP contribution in [0.3, 0.4) is 0 Å². The highest BCUT2D eigenvalue weighted by atomic mass is 16.5. The highest BCUT2D eigenvalue weighted by Gasteiger charge is 2.07. The van der Waals surface area contributed by atoms with Crippen molar-refractivity contribution in [1.29, 1.82) is 0 Å². The number of amides is 1. The number of ether oxygens (including phenoxy) is 1. The molecule has 0 aliphatic rings. The summed E-state index contributed by atoms with van der Waals surface area (Å²) in [6, 6.07) is 20.8. The van der Waals surface area contributed by atoms with E-state index in [1.54, 1.807) is 18.3 Å². The fourth-order valence-corrected chi connectivity index (χ4v) is 2.16. The van der Waals surface area contributed by atoms with Crippen LogP contribution in [0.2, 0.25) is 0 Å². The van der Waals surface area contributed by atoms with Crippen LogP contribution in [0.4, 0.5) is 5.69 Å². The third kappa shape index (κ3) is 4.20. The summed E-state index contributed by atoms with van der Waals surface area (Å²) in [5.41, 5.74) is 3.20. The molecule has 0 saturated heterocycles. The number of anilines is 1. The van der Waals surface area contributed by atoms with Gasteiger partial charge in [-0.2, -0.15) is 0 Å². The first-order chi connectivity index (χ1) is 11.7. The second-order valence-electron chi connectivity index (χ2n) is 5.46. The molecular weight excluding hydrogens is 300 g/mol. The van der Waals surface area contributed by atoms with Crippen molar-refractivity contribution in [3.8, 4) is 5.75 Å². The van der Waals surface area contributed by atoms with Gasteiger partial charge in [-0.25, -0.2) is 0 Å². The molecule has 0 spiro atoms. The normalized spacial score (nSPS) is 10.2. The molecule has 0 saturated carbocycles. The molecule has 0 radical (unpaired) electrons. The largest absolute Gasteiger partial charge is 0.487 e. The van der Waals surface area contributed by atoms with Gasteiger partial charge in [-0.15, -0.1) is 0 Å². The quantitative estimate of drug-likeness (QED) is 0.766. The SMILES string of the molecule is Cc1ccc(NC(=O)c2ccc(COc3ccccc3)nc2)cc1. The van der Waals surface area contributed by atoms with Crippen molar-refractivity contribution >= 4 is 11.6 Å². The lowest BCUT2D eigenvalue weighted by Crippen LogP contribution is -2.12. The minimum absolute atomic E-state index is 0.179. The number of carbonyl (C=O) groups excluding carboxylic acids is 1. The van der Waals surface area contributed by atoms with Crippen molar-refractivity contribution in [1.82, 2.24) is 4.98 Å². The molecule has 3 aromatic rings. The standard InChI is InChI=1S/C20H18N2O2/c1-15-7-10-17(11-8-15)22-20(23)16-9-12-18(21-13-16)14-24-19-5-3-2-4-6-19/h2-13H,14H2,1H3,(H,22,23). The van der Waals surface area contributed by atoms with E-state index in [1.807, 2.05) is 61.5 Å². The number of para-hydroxylation sites is 1. The fourth-order valence-electron chi connectivity index (χ4n) is 2.16. The van der Waals surface area contributed by atoms with Crippen LogP contribution >= 0.6 is 0 Å². The molecule has 1 N–H and O–H groups in total. The predicted octanol–water partition coefficient (Wildman–Crippen LogP) is 4.22. The third-order valence-electron chi connectivity index (χ3n) is 3.53. The maximum Gasteiger partial charge on any atom is 0.257 e. The number of rotatable bonds is 5. The Kier molecular flexibility index (Phi) is 4.87. The predicted molar refractivity (Wildman–Crippen MR) is 94.1 cm³/mol. The first-order valence-electron chi connectivity index (χ1n) is 7.71. The average Bonchev–Trinajstić information content (AvgIpc) is 2.63. The average molecular weight is 318 g/mol. The Morgan fingerprint density at radius 2 is 1.75 bits per heavy atom. The van der Waals surface area contributed by atoms with Gasteiger partial charge < -0.3 is 10.1 Å². The van der Waals surface area contributed by atoms with Crippen LogP contribution in [0.25, 0.3) is 0 Å². The number of aromatic nitrogens is 1. The maximum absolute atomic E-state index is 12.2. The summed E-state index contributed by atoms with van der Waals surface area (Å²) in [4.78, 5) is 16.5. The molecule has 0 aliphatic carbocycles. The topological polar surface area (TPSA) is 51.2 Å². The molecular formula is C20H18N2O2. The van der Waals surface area contributed by atoms with Gasteiger partial charge in [0.25, 0.3) is 5.91 Å². The van der Waals surface area contributed by atoms with E-state index in [2.05, 4.69) is 10.3 Å². The lowest BCUT2D eigenvalue weighted by atomic mass is 10.2. The Morgan fingerprint density at radius 1 is 1.00 bits per heavy atom. The van der Waals surface area contributed by atoms with Crippen LogP contribution in [0.15, 0.2) is 72.9 Å². The molecule has 0 fully saturated rings. The number of benzene rings is 2. The number of carbonyl (C=O) groups is 1. The van der Waals surface area contributed by atoms with Crippen molar-refractivity contribution in [2.24, 2.45) is 0 Å². The molecule has 1 heterocycles. The van der Waals surface area contributed by atoms with Gasteiger partial charge in [0, 0.05) is 11.9 Å². The molecule has 0 atom stereocenters. The zero-order valence-corrected chi connectivity index (χ0v) is 13.4. The molecule has 4 heteroatoms. The van der Waals surface area contributed by atoms with Crippen molar-refractivity contribution < 1.29 is 9.53 Å².